The lowest BCUT2D eigenvalue weighted by atomic mass is 10.1. The van der Waals surface area contributed by atoms with Gasteiger partial charge >= 0.3 is 5.97 Å². The summed E-state index contributed by atoms with van der Waals surface area (Å²) in [6.07, 6.45) is 0. The van der Waals surface area contributed by atoms with Gasteiger partial charge in [-0.3, -0.25) is 0 Å². The van der Waals surface area contributed by atoms with E-state index < -0.39 is 5.97 Å². The van der Waals surface area contributed by atoms with Crippen molar-refractivity contribution in [1.82, 2.24) is 0 Å². The zero-order valence-electron chi connectivity index (χ0n) is 11.0. The van der Waals surface area contributed by atoms with Gasteiger partial charge in [0.15, 0.2) is 0 Å². The average molecular weight is 291 g/mol. The summed E-state index contributed by atoms with van der Waals surface area (Å²) in [6.45, 7) is 2.06. The first kappa shape index (κ1) is 14.2. The van der Waals surface area contributed by atoms with Crippen molar-refractivity contribution in [3.63, 3.8) is 0 Å². The van der Waals surface area contributed by atoms with Gasteiger partial charge in [-0.05, 0) is 37.3 Å². The minimum Gasteiger partial charge on any atom is -0.462 e. The van der Waals surface area contributed by atoms with Crippen LogP contribution in [-0.4, -0.2) is 12.6 Å². The highest BCUT2D eigenvalue weighted by Crippen LogP contribution is 2.28. The van der Waals surface area contributed by atoms with Gasteiger partial charge in [-0.1, -0.05) is 23.7 Å². The van der Waals surface area contributed by atoms with E-state index in [-0.39, 0.29) is 0 Å². The van der Waals surface area contributed by atoms with Crippen LogP contribution in [0.1, 0.15) is 17.3 Å². The topological polar surface area (TPSA) is 64.3 Å². The van der Waals surface area contributed by atoms with Crippen molar-refractivity contribution >= 4 is 34.6 Å². The van der Waals surface area contributed by atoms with Gasteiger partial charge in [-0.15, -0.1) is 0 Å². The van der Waals surface area contributed by atoms with E-state index in [1.165, 1.54) is 0 Å². The number of carbonyl (C=O) groups is 1. The summed E-state index contributed by atoms with van der Waals surface area (Å²) in [5.74, 6) is -0.422. The van der Waals surface area contributed by atoms with Gasteiger partial charge in [-0.2, -0.15) is 0 Å². The minimum absolute atomic E-state index is 0.305. The van der Waals surface area contributed by atoms with Gasteiger partial charge in [0.2, 0.25) is 0 Å². The highest BCUT2D eigenvalue weighted by molar-refractivity contribution is 6.33. The number of para-hydroxylation sites is 1. The van der Waals surface area contributed by atoms with Gasteiger partial charge in [0, 0.05) is 5.69 Å². The number of nitrogens with one attached hydrogen (secondary N) is 1. The van der Waals surface area contributed by atoms with E-state index in [2.05, 4.69) is 5.32 Å². The largest absolute Gasteiger partial charge is 0.462 e. The molecule has 0 radical (unpaired) electrons. The van der Waals surface area contributed by atoms with Crippen LogP contribution in [0, 0.1) is 0 Å². The molecule has 2 aromatic rings. The zero-order chi connectivity index (χ0) is 14.5. The van der Waals surface area contributed by atoms with Gasteiger partial charge in [0.25, 0.3) is 0 Å². The smallest absolute Gasteiger partial charge is 0.340 e. The predicted octanol–water partition coefficient (Wildman–Crippen LogP) is 3.84. The molecule has 0 amide bonds. The molecule has 0 aliphatic carbocycles. The van der Waals surface area contributed by atoms with Crippen LogP contribution < -0.4 is 11.1 Å². The number of carbonyl (C=O) groups excluding carboxylic acids is 1. The van der Waals surface area contributed by atoms with Crippen LogP contribution in [0.3, 0.4) is 0 Å². The molecule has 104 valence electrons. The number of benzene rings is 2. The Labute approximate surface area is 122 Å². The molecule has 0 saturated heterocycles. The molecule has 0 bridgehead atoms. The molecule has 5 heteroatoms. The highest BCUT2D eigenvalue weighted by Gasteiger charge is 2.14. The van der Waals surface area contributed by atoms with Crippen LogP contribution in [0.15, 0.2) is 42.5 Å². The molecule has 3 N–H and O–H groups in total. The van der Waals surface area contributed by atoms with Crippen molar-refractivity contribution in [1.29, 1.82) is 0 Å². The lowest BCUT2D eigenvalue weighted by molar-refractivity contribution is 0.0527. The van der Waals surface area contributed by atoms with E-state index >= 15 is 0 Å². The molecule has 0 aliphatic heterocycles. The van der Waals surface area contributed by atoms with Crippen molar-refractivity contribution in [2.24, 2.45) is 0 Å². The predicted molar refractivity (Wildman–Crippen MR) is 81.5 cm³/mol. The summed E-state index contributed by atoms with van der Waals surface area (Å²) in [5, 5.41) is 3.69. The molecule has 20 heavy (non-hydrogen) atoms. The fourth-order valence-corrected chi connectivity index (χ4v) is 1.94. The Bertz CT molecular complexity index is 629. The van der Waals surface area contributed by atoms with Gasteiger partial charge in [-0.25, -0.2) is 4.79 Å². The molecule has 0 aromatic heterocycles. The standard InChI is InChI=1S/C15H15ClN2O2/c1-2-20-15(19)11-9-10(17)7-8-13(11)18-14-6-4-3-5-12(14)16/h3-9,18H,2,17H2,1H3. The molecule has 2 rings (SSSR count). The zero-order valence-corrected chi connectivity index (χ0v) is 11.8. The van der Waals surface area contributed by atoms with Crippen molar-refractivity contribution < 1.29 is 9.53 Å². The normalized spacial score (nSPS) is 10.1. The Hall–Kier alpha value is -2.20. The maximum absolute atomic E-state index is 11.9. The van der Waals surface area contributed by atoms with Crippen LogP contribution in [0.4, 0.5) is 17.1 Å². The lowest BCUT2D eigenvalue weighted by Crippen LogP contribution is -2.08. The first-order valence-electron chi connectivity index (χ1n) is 6.20. The molecule has 0 saturated carbocycles. The van der Waals surface area contributed by atoms with E-state index in [0.29, 0.717) is 34.3 Å². The Balaban J connectivity index is 2.36. The SMILES string of the molecule is CCOC(=O)c1cc(N)ccc1Nc1ccccc1Cl. The third-order valence-corrected chi connectivity index (χ3v) is 3.01. The van der Waals surface area contributed by atoms with Crippen LogP contribution in [0.5, 0.6) is 0 Å². The number of ether oxygens (including phenoxy) is 1. The van der Waals surface area contributed by atoms with Crippen LogP contribution in [0.2, 0.25) is 5.02 Å². The fraction of sp³-hybridized carbons (Fsp3) is 0.133. The number of anilines is 3. The molecule has 2 aromatic carbocycles. The first-order valence-corrected chi connectivity index (χ1v) is 6.58. The number of halogens is 1. The van der Waals surface area contributed by atoms with Crippen molar-refractivity contribution in [3.8, 4) is 0 Å². The molecule has 4 nitrogen and oxygen atoms in total. The molecule has 0 atom stereocenters. The summed E-state index contributed by atoms with van der Waals surface area (Å²) in [7, 11) is 0. The first-order chi connectivity index (χ1) is 9.61. The van der Waals surface area contributed by atoms with Crippen molar-refractivity contribution in [3.05, 3.63) is 53.1 Å². The second kappa shape index (κ2) is 6.30. The summed E-state index contributed by atoms with van der Waals surface area (Å²) in [5.41, 5.74) is 7.92. The Morgan fingerprint density at radius 3 is 2.70 bits per heavy atom. The Morgan fingerprint density at radius 2 is 2.00 bits per heavy atom. The Morgan fingerprint density at radius 1 is 1.25 bits per heavy atom. The third-order valence-electron chi connectivity index (χ3n) is 2.68. The highest BCUT2D eigenvalue weighted by atomic mass is 35.5. The number of nitrogen functional groups attached to an aromatic ring is 1. The summed E-state index contributed by atoms with van der Waals surface area (Å²) >= 11 is 6.10. The van der Waals surface area contributed by atoms with E-state index in [1.807, 2.05) is 18.2 Å². The maximum Gasteiger partial charge on any atom is 0.340 e. The van der Waals surface area contributed by atoms with Crippen molar-refractivity contribution in [2.45, 2.75) is 6.92 Å². The molecule has 0 aliphatic rings. The van der Waals surface area contributed by atoms with E-state index in [4.69, 9.17) is 22.1 Å². The second-order valence-electron chi connectivity index (χ2n) is 4.13. The quantitative estimate of drug-likeness (QED) is 0.663. The monoisotopic (exact) mass is 290 g/mol. The molecule has 0 spiro atoms. The summed E-state index contributed by atoms with van der Waals surface area (Å²) < 4.78 is 5.02. The molecule has 0 heterocycles. The van der Waals surface area contributed by atoms with Gasteiger partial charge in [0.05, 0.1) is 28.6 Å². The van der Waals surface area contributed by atoms with Crippen molar-refractivity contribution in [2.75, 3.05) is 17.7 Å². The van der Waals surface area contributed by atoms with Crippen LogP contribution in [-0.2, 0) is 4.74 Å². The summed E-state index contributed by atoms with van der Waals surface area (Å²) in [4.78, 5) is 11.9. The summed E-state index contributed by atoms with van der Waals surface area (Å²) in [6, 6.07) is 12.3. The van der Waals surface area contributed by atoms with Crippen LogP contribution in [0.25, 0.3) is 0 Å². The fourth-order valence-electron chi connectivity index (χ4n) is 1.76. The van der Waals surface area contributed by atoms with E-state index in [0.717, 1.165) is 0 Å². The number of hydrogen-bond donors (Lipinski definition) is 2. The molecular formula is C15H15ClN2O2. The molecular weight excluding hydrogens is 276 g/mol. The number of esters is 1. The molecule has 0 unspecified atom stereocenters. The third kappa shape index (κ3) is 3.22. The minimum atomic E-state index is -0.422. The maximum atomic E-state index is 11.9. The van der Waals surface area contributed by atoms with E-state index in [1.54, 1.807) is 31.2 Å². The van der Waals surface area contributed by atoms with Gasteiger partial charge in [0.1, 0.15) is 0 Å². The average Bonchev–Trinajstić information content (AvgIpc) is 2.43. The van der Waals surface area contributed by atoms with Crippen LogP contribution >= 0.6 is 11.6 Å². The van der Waals surface area contributed by atoms with E-state index in [9.17, 15) is 4.79 Å². The molecule has 0 fully saturated rings. The lowest BCUT2D eigenvalue weighted by Gasteiger charge is -2.13. The number of rotatable bonds is 4. The second-order valence-corrected chi connectivity index (χ2v) is 4.54. The Kier molecular flexibility index (Phi) is 4.48. The van der Waals surface area contributed by atoms with Gasteiger partial charge < -0.3 is 15.8 Å². The number of nitrogens with two attached hydrogens (primary N) is 1. The number of hydrogen-bond acceptors (Lipinski definition) is 4.